The molecule has 1 aliphatic heterocycles. The number of aryl methyl sites for hydroxylation is 1. The number of nitrogens with zero attached hydrogens (tertiary/aromatic N) is 1. The fourth-order valence-electron chi connectivity index (χ4n) is 2.26. The molecule has 0 aliphatic carbocycles. The van der Waals surface area contributed by atoms with E-state index >= 15 is 0 Å². The molecule has 1 fully saturated rings. The van der Waals surface area contributed by atoms with Crippen molar-refractivity contribution < 1.29 is 9.53 Å². The van der Waals surface area contributed by atoms with Crippen LogP contribution >= 0.6 is 11.3 Å². The van der Waals surface area contributed by atoms with E-state index < -0.39 is 5.60 Å². The van der Waals surface area contributed by atoms with Gasteiger partial charge in [-0.05, 0) is 51.5 Å². The Morgan fingerprint density at radius 1 is 1.35 bits per heavy atom. The predicted octanol–water partition coefficient (Wildman–Crippen LogP) is 3.87. The molecule has 0 spiro atoms. The van der Waals surface area contributed by atoms with Gasteiger partial charge in [0, 0.05) is 30.2 Å². The molecule has 1 saturated heterocycles. The first kappa shape index (κ1) is 15.2. The highest BCUT2D eigenvalue weighted by Crippen LogP contribution is 2.23. The number of thiophene rings is 1. The highest BCUT2D eigenvalue weighted by Gasteiger charge is 2.26. The zero-order valence-electron chi connectivity index (χ0n) is 12.7. The van der Waals surface area contributed by atoms with E-state index in [2.05, 4.69) is 23.0 Å². The van der Waals surface area contributed by atoms with Crippen LogP contribution < -0.4 is 5.32 Å². The third-order valence-corrected chi connectivity index (χ3v) is 4.22. The van der Waals surface area contributed by atoms with E-state index in [9.17, 15) is 4.79 Å². The number of anilines is 1. The van der Waals surface area contributed by atoms with E-state index in [-0.39, 0.29) is 6.09 Å². The van der Waals surface area contributed by atoms with Gasteiger partial charge < -0.3 is 15.0 Å². The molecule has 1 aromatic heterocycles. The molecule has 112 valence electrons. The van der Waals surface area contributed by atoms with Crippen molar-refractivity contribution in [2.24, 2.45) is 0 Å². The van der Waals surface area contributed by atoms with Crippen LogP contribution in [0, 0.1) is 6.92 Å². The molecule has 0 saturated carbocycles. The van der Waals surface area contributed by atoms with Crippen LogP contribution in [-0.4, -0.2) is 35.7 Å². The van der Waals surface area contributed by atoms with Crippen molar-refractivity contribution >= 4 is 23.1 Å². The molecule has 2 rings (SSSR count). The van der Waals surface area contributed by atoms with Crippen LogP contribution in [0.3, 0.4) is 0 Å². The minimum absolute atomic E-state index is 0.192. The van der Waals surface area contributed by atoms with Gasteiger partial charge in [0.1, 0.15) is 5.60 Å². The molecule has 1 aliphatic rings. The highest BCUT2D eigenvalue weighted by atomic mass is 32.1. The van der Waals surface area contributed by atoms with Gasteiger partial charge in [-0.25, -0.2) is 4.79 Å². The number of likely N-dealkylation sites (tertiary alicyclic amines) is 1. The van der Waals surface area contributed by atoms with E-state index in [0.29, 0.717) is 6.04 Å². The maximum atomic E-state index is 12.0. The maximum Gasteiger partial charge on any atom is 0.410 e. The number of rotatable bonds is 2. The number of amides is 1. The molecule has 0 radical (unpaired) electrons. The first-order valence-corrected chi connectivity index (χ1v) is 8.07. The molecule has 20 heavy (non-hydrogen) atoms. The van der Waals surface area contributed by atoms with Crippen molar-refractivity contribution in [1.29, 1.82) is 0 Å². The van der Waals surface area contributed by atoms with Crippen LogP contribution in [0.1, 0.15) is 39.2 Å². The minimum atomic E-state index is -0.417. The lowest BCUT2D eigenvalue weighted by Crippen LogP contribution is -2.44. The van der Waals surface area contributed by atoms with Gasteiger partial charge in [0.15, 0.2) is 0 Å². The number of carbonyl (C=O) groups excluding carboxylic acids is 1. The molecule has 0 aromatic carbocycles. The number of nitrogens with one attached hydrogen (secondary N) is 1. The van der Waals surface area contributed by atoms with Gasteiger partial charge in [-0.15, -0.1) is 11.3 Å². The molecule has 0 atom stereocenters. The summed E-state index contributed by atoms with van der Waals surface area (Å²) >= 11 is 1.72. The van der Waals surface area contributed by atoms with E-state index in [1.165, 1.54) is 11.3 Å². The Kier molecular flexibility index (Phi) is 4.58. The maximum absolute atomic E-state index is 12.0. The summed E-state index contributed by atoms with van der Waals surface area (Å²) in [6.07, 6.45) is 1.74. The van der Waals surface area contributed by atoms with Gasteiger partial charge >= 0.3 is 6.09 Å². The molecule has 1 amide bonds. The summed E-state index contributed by atoms with van der Waals surface area (Å²) in [6, 6.07) is 0.446. The summed E-state index contributed by atoms with van der Waals surface area (Å²) in [5.41, 5.74) is 2.11. The monoisotopic (exact) mass is 296 g/mol. The Labute approximate surface area is 125 Å². The lowest BCUT2D eigenvalue weighted by atomic mass is 10.0. The van der Waals surface area contributed by atoms with Crippen LogP contribution in [-0.2, 0) is 4.74 Å². The number of carbonyl (C=O) groups is 1. The van der Waals surface area contributed by atoms with Gasteiger partial charge in [-0.2, -0.15) is 0 Å². The molecule has 0 unspecified atom stereocenters. The molecule has 2 heterocycles. The first-order valence-electron chi connectivity index (χ1n) is 7.12. The Morgan fingerprint density at radius 3 is 2.50 bits per heavy atom. The molecule has 4 nitrogen and oxygen atoms in total. The van der Waals surface area contributed by atoms with Gasteiger partial charge in [0.2, 0.25) is 0 Å². The molecule has 5 heteroatoms. The number of piperidine rings is 1. The quantitative estimate of drug-likeness (QED) is 0.901. The number of hydrogen-bond acceptors (Lipinski definition) is 4. The van der Waals surface area contributed by atoms with E-state index in [1.807, 2.05) is 25.7 Å². The van der Waals surface area contributed by atoms with Crippen LogP contribution in [0.15, 0.2) is 10.8 Å². The topological polar surface area (TPSA) is 41.6 Å². The van der Waals surface area contributed by atoms with Gasteiger partial charge in [0.05, 0.1) is 0 Å². The van der Waals surface area contributed by atoms with E-state index in [1.54, 1.807) is 11.3 Å². The lowest BCUT2D eigenvalue weighted by molar-refractivity contribution is 0.0210. The Balaban J connectivity index is 1.81. The van der Waals surface area contributed by atoms with E-state index in [0.717, 1.165) is 25.9 Å². The first-order chi connectivity index (χ1) is 9.35. The summed E-state index contributed by atoms with van der Waals surface area (Å²) in [6.45, 7) is 9.34. The number of ether oxygens (including phenoxy) is 1. The Bertz CT molecular complexity index is 457. The normalized spacial score (nSPS) is 17.1. The van der Waals surface area contributed by atoms with Crippen LogP contribution in [0.5, 0.6) is 0 Å². The second-order valence-electron chi connectivity index (χ2n) is 6.35. The largest absolute Gasteiger partial charge is 0.444 e. The van der Waals surface area contributed by atoms with Crippen LogP contribution in [0.4, 0.5) is 10.5 Å². The Hall–Kier alpha value is -1.23. The van der Waals surface area contributed by atoms with Crippen molar-refractivity contribution in [3.8, 4) is 0 Å². The van der Waals surface area contributed by atoms with E-state index in [4.69, 9.17) is 4.74 Å². The standard InChI is InChI=1S/C15H24N2O2S/c1-11-9-20-10-13(11)16-12-5-7-17(8-6-12)14(18)19-15(2,3)4/h9-10,12,16H,5-8H2,1-4H3. The highest BCUT2D eigenvalue weighted by molar-refractivity contribution is 7.08. The zero-order chi connectivity index (χ0) is 14.8. The lowest BCUT2D eigenvalue weighted by Gasteiger charge is -2.34. The third-order valence-electron chi connectivity index (χ3n) is 3.36. The van der Waals surface area contributed by atoms with Crippen molar-refractivity contribution in [3.05, 3.63) is 16.3 Å². The summed E-state index contributed by atoms with van der Waals surface area (Å²) in [4.78, 5) is 13.8. The second-order valence-corrected chi connectivity index (χ2v) is 7.10. The average molecular weight is 296 g/mol. The molecular formula is C15H24N2O2S. The van der Waals surface area contributed by atoms with Crippen molar-refractivity contribution in [3.63, 3.8) is 0 Å². The molecule has 1 N–H and O–H groups in total. The summed E-state index contributed by atoms with van der Waals surface area (Å²) < 4.78 is 5.41. The minimum Gasteiger partial charge on any atom is -0.444 e. The van der Waals surface area contributed by atoms with Gasteiger partial charge in [-0.1, -0.05) is 0 Å². The van der Waals surface area contributed by atoms with Crippen molar-refractivity contribution in [2.75, 3.05) is 18.4 Å². The number of hydrogen-bond donors (Lipinski definition) is 1. The third kappa shape index (κ3) is 4.13. The average Bonchev–Trinajstić information content (AvgIpc) is 2.74. The predicted molar refractivity (Wildman–Crippen MR) is 83.5 cm³/mol. The smallest absolute Gasteiger partial charge is 0.410 e. The fourth-order valence-corrected chi connectivity index (χ4v) is 3.05. The van der Waals surface area contributed by atoms with Crippen molar-refractivity contribution in [1.82, 2.24) is 4.90 Å². The zero-order valence-corrected chi connectivity index (χ0v) is 13.5. The SMILES string of the molecule is Cc1cscc1NC1CCN(C(=O)OC(C)(C)C)CC1. The molecular weight excluding hydrogens is 272 g/mol. The molecule has 0 bridgehead atoms. The Morgan fingerprint density at radius 2 is 2.00 bits per heavy atom. The summed E-state index contributed by atoms with van der Waals surface area (Å²) in [5.74, 6) is 0. The van der Waals surface area contributed by atoms with Crippen LogP contribution in [0.25, 0.3) is 0 Å². The van der Waals surface area contributed by atoms with Crippen LogP contribution in [0.2, 0.25) is 0 Å². The summed E-state index contributed by atoms with van der Waals surface area (Å²) in [7, 11) is 0. The van der Waals surface area contributed by atoms with Gasteiger partial charge in [0.25, 0.3) is 0 Å². The van der Waals surface area contributed by atoms with Gasteiger partial charge in [-0.3, -0.25) is 0 Å². The summed E-state index contributed by atoms with van der Waals surface area (Å²) in [5, 5.41) is 7.87. The fraction of sp³-hybridized carbons (Fsp3) is 0.667. The molecule has 1 aromatic rings. The van der Waals surface area contributed by atoms with Crippen molar-refractivity contribution in [2.45, 2.75) is 52.2 Å². The second kappa shape index (κ2) is 6.04.